The van der Waals surface area contributed by atoms with Crippen LogP contribution in [-0.4, -0.2) is 43.2 Å². The van der Waals surface area contributed by atoms with E-state index in [1.54, 1.807) is 25.3 Å². The molecule has 0 bridgehead atoms. The number of amides is 2. The van der Waals surface area contributed by atoms with E-state index in [4.69, 9.17) is 4.74 Å². The summed E-state index contributed by atoms with van der Waals surface area (Å²) in [5, 5.41) is 2.78. The Bertz CT molecular complexity index is 388. The Hall–Kier alpha value is -0.676. The third kappa shape index (κ3) is 6.88. The molecule has 19 heavy (non-hydrogen) atoms. The van der Waals surface area contributed by atoms with E-state index in [1.807, 2.05) is 12.1 Å². The van der Waals surface area contributed by atoms with Crippen molar-refractivity contribution in [3.05, 3.63) is 30.8 Å². The summed E-state index contributed by atoms with van der Waals surface area (Å²) >= 11 is 0. The van der Waals surface area contributed by atoms with Crippen LogP contribution in [0.4, 0.5) is 4.79 Å². The van der Waals surface area contributed by atoms with Crippen LogP contribution >= 0.6 is 0 Å². The van der Waals surface area contributed by atoms with Gasteiger partial charge in [-0.2, -0.15) is 6.42 Å². The van der Waals surface area contributed by atoms with Gasteiger partial charge in [-0.3, -0.25) is 0 Å². The van der Waals surface area contributed by atoms with Crippen molar-refractivity contribution >= 4 is 6.03 Å². The molecule has 2 amide bonds. The predicted octanol–water partition coefficient (Wildman–Crippen LogP) is 1.50. The molecule has 0 fully saturated rings. The number of rotatable bonds is 6. The van der Waals surface area contributed by atoms with Crippen LogP contribution in [0.1, 0.15) is 12.0 Å². The van der Waals surface area contributed by atoms with Crippen molar-refractivity contribution in [1.82, 2.24) is 15.2 Å². The van der Waals surface area contributed by atoms with Crippen molar-refractivity contribution in [1.29, 1.82) is 0 Å². The van der Waals surface area contributed by atoms with Crippen molar-refractivity contribution in [2.24, 2.45) is 0 Å². The summed E-state index contributed by atoms with van der Waals surface area (Å²) in [6, 6.07) is 3.73. The standard InChI is InChI=1S/C13H20N3O2.Y/c1-4-7-15-13(17)16(2)9-6-11-5-8-14-12(10-11)18-3;/h5,8,10H,1,4,6-7,9H2,2-3H3,(H,15,17);/q-1;. The van der Waals surface area contributed by atoms with Crippen molar-refractivity contribution in [3.63, 3.8) is 0 Å². The molecule has 0 unspecified atom stereocenters. The minimum absolute atomic E-state index is 0. The molecule has 0 spiro atoms. The first-order chi connectivity index (χ1) is 8.67. The molecule has 6 heteroatoms. The molecule has 0 atom stereocenters. The molecule has 0 aliphatic heterocycles. The van der Waals surface area contributed by atoms with Gasteiger partial charge in [-0.25, -0.2) is 9.78 Å². The minimum atomic E-state index is -0.0697. The maximum atomic E-state index is 11.6. The van der Waals surface area contributed by atoms with E-state index in [2.05, 4.69) is 17.2 Å². The van der Waals surface area contributed by atoms with Gasteiger partial charge < -0.3 is 21.9 Å². The average molecular weight is 339 g/mol. The number of aromatic nitrogens is 1. The summed E-state index contributed by atoms with van der Waals surface area (Å²) in [7, 11) is 3.36. The number of ether oxygens (including phenoxy) is 1. The van der Waals surface area contributed by atoms with Gasteiger partial charge in [0.05, 0.1) is 7.11 Å². The first-order valence-corrected chi connectivity index (χ1v) is 5.94. The van der Waals surface area contributed by atoms with E-state index in [0.717, 1.165) is 12.0 Å². The van der Waals surface area contributed by atoms with E-state index < -0.39 is 0 Å². The van der Waals surface area contributed by atoms with E-state index in [0.29, 0.717) is 25.4 Å². The van der Waals surface area contributed by atoms with Gasteiger partial charge >= 0.3 is 6.03 Å². The fourth-order valence-electron chi connectivity index (χ4n) is 1.45. The number of methoxy groups -OCH3 is 1. The minimum Gasteiger partial charge on any atom is -0.481 e. The molecular formula is C13H20N3O2Y-. The Labute approximate surface area is 140 Å². The molecule has 0 aromatic carbocycles. The summed E-state index contributed by atoms with van der Waals surface area (Å²) in [5.41, 5.74) is 1.10. The number of hydrogen-bond donors (Lipinski definition) is 1. The Kier molecular flexibility index (Phi) is 9.79. The van der Waals surface area contributed by atoms with E-state index in [9.17, 15) is 4.79 Å². The maximum Gasteiger partial charge on any atom is 0.317 e. The maximum absolute atomic E-state index is 11.6. The van der Waals surface area contributed by atoms with Crippen molar-refractivity contribution in [2.45, 2.75) is 12.8 Å². The fourth-order valence-corrected chi connectivity index (χ4v) is 1.45. The van der Waals surface area contributed by atoms with Crippen LogP contribution in [0, 0.1) is 6.92 Å². The largest absolute Gasteiger partial charge is 0.481 e. The first-order valence-electron chi connectivity index (χ1n) is 5.94. The molecule has 1 N–H and O–H groups in total. The molecule has 1 heterocycles. The Morgan fingerprint density at radius 3 is 2.95 bits per heavy atom. The van der Waals surface area contributed by atoms with Gasteiger partial charge in [0.2, 0.25) is 5.88 Å². The molecule has 1 aromatic rings. The van der Waals surface area contributed by atoms with E-state index >= 15 is 0 Å². The number of hydrogen-bond acceptors (Lipinski definition) is 3. The van der Waals surface area contributed by atoms with Gasteiger partial charge in [0.25, 0.3) is 0 Å². The van der Waals surface area contributed by atoms with Crippen LogP contribution in [0.5, 0.6) is 5.88 Å². The van der Waals surface area contributed by atoms with Gasteiger partial charge in [-0.05, 0) is 24.6 Å². The molecule has 0 aliphatic carbocycles. The van der Waals surface area contributed by atoms with Crippen LogP contribution in [0.25, 0.3) is 0 Å². The molecule has 0 saturated carbocycles. The Balaban J connectivity index is 0.00000324. The van der Waals surface area contributed by atoms with E-state index in [-0.39, 0.29) is 38.7 Å². The molecule has 0 aliphatic rings. The normalized spacial score (nSPS) is 9.42. The molecule has 1 radical (unpaired) electrons. The van der Waals surface area contributed by atoms with Crippen LogP contribution in [0.3, 0.4) is 0 Å². The molecule has 5 nitrogen and oxygen atoms in total. The molecule has 0 saturated heterocycles. The second-order valence-corrected chi connectivity index (χ2v) is 3.96. The zero-order valence-corrected chi connectivity index (χ0v) is 14.4. The zero-order valence-electron chi connectivity index (χ0n) is 11.6. The SMILES string of the molecule is [CH2-]CCNC(=O)N(C)CCc1ccnc(OC)c1.[Y]. The van der Waals surface area contributed by atoms with Gasteiger partial charge in [0.15, 0.2) is 0 Å². The van der Waals surface area contributed by atoms with Crippen LogP contribution in [-0.2, 0) is 39.1 Å². The number of likely N-dealkylation sites (N-methyl/N-ethyl adjacent to an activating group) is 1. The topological polar surface area (TPSA) is 54.5 Å². The second-order valence-electron chi connectivity index (χ2n) is 3.96. The van der Waals surface area contributed by atoms with Crippen molar-refractivity contribution in [3.8, 4) is 5.88 Å². The molecular weight excluding hydrogens is 319 g/mol. The molecule has 1 aromatic heterocycles. The van der Waals surface area contributed by atoms with Gasteiger partial charge in [-0.1, -0.05) is 0 Å². The zero-order chi connectivity index (χ0) is 13.4. The number of nitrogens with zero attached hydrogens (tertiary/aromatic N) is 2. The average Bonchev–Trinajstić information content (AvgIpc) is 2.42. The fraction of sp³-hybridized carbons (Fsp3) is 0.462. The number of carbonyl (C=O) groups excluding carboxylic acids is 1. The van der Waals surface area contributed by atoms with E-state index in [1.165, 1.54) is 0 Å². The molecule has 1 rings (SSSR count). The quantitative estimate of drug-likeness (QED) is 0.799. The first kappa shape index (κ1) is 18.3. The second kappa shape index (κ2) is 10.2. The number of pyridine rings is 1. The van der Waals surface area contributed by atoms with Crippen LogP contribution in [0.15, 0.2) is 18.3 Å². The van der Waals surface area contributed by atoms with Crippen molar-refractivity contribution in [2.75, 3.05) is 27.2 Å². The summed E-state index contributed by atoms with van der Waals surface area (Å²) in [5.74, 6) is 0.594. The van der Waals surface area contributed by atoms with Gasteiger partial charge in [-0.15, -0.1) is 0 Å². The smallest absolute Gasteiger partial charge is 0.317 e. The number of urea groups is 1. The summed E-state index contributed by atoms with van der Waals surface area (Å²) < 4.78 is 5.05. The number of carbonyl (C=O) groups is 1. The monoisotopic (exact) mass is 339 g/mol. The number of nitrogens with one attached hydrogen (secondary N) is 1. The Morgan fingerprint density at radius 1 is 1.58 bits per heavy atom. The van der Waals surface area contributed by atoms with Crippen LogP contribution < -0.4 is 10.1 Å². The third-order valence-corrected chi connectivity index (χ3v) is 2.54. The Morgan fingerprint density at radius 2 is 2.32 bits per heavy atom. The summed E-state index contributed by atoms with van der Waals surface area (Å²) in [6.45, 7) is 4.93. The predicted molar refractivity (Wildman–Crippen MR) is 70.5 cm³/mol. The summed E-state index contributed by atoms with van der Waals surface area (Å²) in [6.07, 6.45) is 3.17. The van der Waals surface area contributed by atoms with Crippen molar-refractivity contribution < 1.29 is 42.2 Å². The third-order valence-electron chi connectivity index (χ3n) is 2.54. The molecule has 103 valence electrons. The van der Waals surface area contributed by atoms with Crippen LogP contribution in [0.2, 0.25) is 0 Å². The summed E-state index contributed by atoms with van der Waals surface area (Å²) in [4.78, 5) is 17.3. The van der Waals surface area contributed by atoms with Gasteiger partial charge in [0, 0.05) is 58.6 Å². The van der Waals surface area contributed by atoms with Gasteiger partial charge in [0.1, 0.15) is 0 Å².